The molecule has 3 rings (SSSR count). The van der Waals surface area contributed by atoms with Gasteiger partial charge in [0.1, 0.15) is 0 Å². The van der Waals surface area contributed by atoms with Crippen LogP contribution in [-0.2, 0) is 13.0 Å². The molecule has 1 N–H and O–H groups in total. The minimum Gasteiger partial charge on any atom is -0.391 e. The van der Waals surface area contributed by atoms with E-state index in [9.17, 15) is 5.11 Å². The van der Waals surface area contributed by atoms with Gasteiger partial charge in [0.15, 0.2) is 0 Å². The Hall–Kier alpha value is -1.78. The van der Waals surface area contributed by atoms with E-state index in [-0.39, 0.29) is 6.10 Å². The van der Waals surface area contributed by atoms with Crippen molar-refractivity contribution in [2.24, 2.45) is 5.92 Å². The number of hydrogen-bond donors (Lipinski definition) is 1. The molecule has 2 aromatic rings. The average molecular weight is 269 g/mol. The monoisotopic (exact) mass is 269 g/mol. The van der Waals surface area contributed by atoms with Crippen LogP contribution in [0, 0.1) is 5.92 Å². The van der Waals surface area contributed by atoms with Gasteiger partial charge in [0.25, 0.3) is 0 Å². The van der Waals surface area contributed by atoms with Crippen molar-refractivity contribution in [3.8, 4) is 0 Å². The first-order valence-corrected chi connectivity index (χ1v) is 6.99. The third-order valence-electron chi connectivity index (χ3n) is 3.86. The molecular weight excluding hydrogens is 250 g/mol. The van der Waals surface area contributed by atoms with Crippen LogP contribution in [0.3, 0.4) is 0 Å². The molecule has 0 bridgehead atoms. The molecule has 104 valence electrons. The minimum atomic E-state index is -0.250. The molecule has 3 heterocycles. The molecule has 20 heavy (non-hydrogen) atoms. The summed E-state index contributed by atoms with van der Waals surface area (Å²) in [4.78, 5) is 10.5. The maximum Gasteiger partial charge on any atom is 0.0710 e. The van der Waals surface area contributed by atoms with Gasteiger partial charge < -0.3 is 5.11 Å². The summed E-state index contributed by atoms with van der Waals surface area (Å²) in [5.41, 5.74) is 2.44. The smallest absolute Gasteiger partial charge is 0.0710 e. The molecule has 1 aliphatic heterocycles. The fourth-order valence-corrected chi connectivity index (χ4v) is 2.84. The number of aliphatic hydroxyl groups is 1. The molecule has 0 amide bonds. The van der Waals surface area contributed by atoms with Crippen molar-refractivity contribution in [1.29, 1.82) is 0 Å². The molecule has 0 aliphatic carbocycles. The zero-order valence-corrected chi connectivity index (χ0v) is 11.4. The topological polar surface area (TPSA) is 49.2 Å². The SMILES string of the molecule is O[C@H]1CN(Cc2cccnc2)C[C@H]1Cc1ccncc1. The molecule has 2 atom stereocenters. The highest BCUT2D eigenvalue weighted by Crippen LogP contribution is 2.22. The molecule has 4 nitrogen and oxygen atoms in total. The summed E-state index contributed by atoms with van der Waals surface area (Å²) in [6.45, 7) is 2.53. The minimum absolute atomic E-state index is 0.250. The van der Waals surface area contributed by atoms with Crippen molar-refractivity contribution in [1.82, 2.24) is 14.9 Å². The van der Waals surface area contributed by atoms with Gasteiger partial charge in [-0.25, -0.2) is 0 Å². The summed E-state index contributed by atoms with van der Waals surface area (Å²) < 4.78 is 0. The van der Waals surface area contributed by atoms with Gasteiger partial charge in [0, 0.05) is 50.3 Å². The quantitative estimate of drug-likeness (QED) is 0.914. The summed E-state index contributed by atoms with van der Waals surface area (Å²) in [5, 5.41) is 10.2. The number of aromatic nitrogens is 2. The average Bonchev–Trinajstić information content (AvgIpc) is 2.81. The zero-order valence-electron chi connectivity index (χ0n) is 11.4. The molecule has 0 unspecified atom stereocenters. The number of aliphatic hydroxyl groups excluding tert-OH is 1. The Morgan fingerprint density at radius 3 is 2.65 bits per heavy atom. The first-order valence-electron chi connectivity index (χ1n) is 6.99. The van der Waals surface area contributed by atoms with Crippen LogP contribution >= 0.6 is 0 Å². The van der Waals surface area contributed by atoms with Gasteiger partial charge in [0.05, 0.1) is 6.10 Å². The van der Waals surface area contributed by atoms with Gasteiger partial charge in [-0.1, -0.05) is 6.07 Å². The van der Waals surface area contributed by atoms with Gasteiger partial charge in [0.2, 0.25) is 0 Å². The number of pyridine rings is 2. The lowest BCUT2D eigenvalue weighted by Crippen LogP contribution is -2.21. The molecule has 0 spiro atoms. The summed E-state index contributed by atoms with van der Waals surface area (Å²) in [5.74, 6) is 0.300. The molecule has 4 heteroatoms. The van der Waals surface area contributed by atoms with E-state index >= 15 is 0 Å². The highest BCUT2D eigenvalue weighted by Gasteiger charge is 2.31. The standard InChI is InChI=1S/C16H19N3O/c20-16-12-19(10-14-2-1-5-18-9-14)11-15(16)8-13-3-6-17-7-4-13/h1-7,9,15-16,20H,8,10-12H2/t15-,16+/m1/s1. The Morgan fingerprint density at radius 1 is 1.05 bits per heavy atom. The largest absolute Gasteiger partial charge is 0.391 e. The summed E-state index contributed by atoms with van der Waals surface area (Å²) in [6, 6.07) is 8.08. The third-order valence-corrected chi connectivity index (χ3v) is 3.86. The Kier molecular flexibility index (Phi) is 4.04. The third kappa shape index (κ3) is 3.21. The van der Waals surface area contributed by atoms with Crippen LogP contribution in [0.1, 0.15) is 11.1 Å². The van der Waals surface area contributed by atoms with Crippen LogP contribution in [0.2, 0.25) is 0 Å². The maximum absolute atomic E-state index is 10.2. The lowest BCUT2D eigenvalue weighted by molar-refractivity contribution is 0.141. The molecule has 1 saturated heterocycles. The molecule has 0 saturated carbocycles. The Labute approximate surface area is 119 Å². The fraction of sp³-hybridized carbons (Fsp3) is 0.375. The predicted molar refractivity (Wildman–Crippen MR) is 77.0 cm³/mol. The van der Waals surface area contributed by atoms with Gasteiger partial charge in [-0.05, 0) is 35.7 Å². The molecule has 0 aromatic carbocycles. The number of likely N-dealkylation sites (tertiary alicyclic amines) is 1. The Bertz CT molecular complexity index is 532. The van der Waals surface area contributed by atoms with Gasteiger partial charge in [-0.3, -0.25) is 14.9 Å². The van der Waals surface area contributed by atoms with Crippen LogP contribution in [0.25, 0.3) is 0 Å². The number of nitrogens with zero attached hydrogens (tertiary/aromatic N) is 3. The van der Waals surface area contributed by atoms with Crippen LogP contribution in [0.4, 0.5) is 0 Å². The van der Waals surface area contributed by atoms with Crippen LogP contribution in [-0.4, -0.2) is 39.2 Å². The maximum atomic E-state index is 10.2. The summed E-state index contributed by atoms with van der Waals surface area (Å²) in [6.07, 6.45) is 7.96. The highest BCUT2D eigenvalue weighted by atomic mass is 16.3. The van der Waals surface area contributed by atoms with E-state index in [4.69, 9.17) is 0 Å². The van der Waals surface area contributed by atoms with E-state index in [1.54, 1.807) is 6.20 Å². The normalized spacial score (nSPS) is 23.1. The molecule has 1 fully saturated rings. The lowest BCUT2D eigenvalue weighted by Gasteiger charge is -2.15. The van der Waals surface area contributed by atoms with E-state index in [1.807, 2.05) is 36.8 Å². The molecule has 2 aromatic heterocycles. The van der Waals surface area contributed by atoms with Crippen molar-refractivity contribution >= 4 is 0 Å². The van der Waals surface area contributed by atoms with E-state index in [0.717, 1.165) is 26.1 Å². The fourth-order valence-electron chi connectivity index (χ4n) is 2.84. The van der Waals surface area contributed by atoms with Gasteiger partial charge in [-0.2, -0.15) is 0 Å². The van der Waals surface area contributed by atoms with Crippen molar-refractivity contribution in [2.45, 2.75) is 19.1 Å². The number of β-amino-alcohol motifs (C(OH)–C–C–N with tert-alkyl or cyclic N) is 1. The predicted octanol–water partition coefficient (Wildman–Crippen LogP) is 1.51. The number of hydrogen-bond acceptors (Lipinski definition) is 4. The first-order chi connectivity index (χ1) is 9.81. The van der Waals surface area contributed by atoms with Crippen LogP contribution in [0.15, 0.2) is 49.1 Å². The molecule has 0 radical (unpaired) electrons. The lowest BCUT2D eigenvalue weighted by atomic mass is 9.97. The number of rotatable bonds is 4. The van der Waals surface area contributed by atoms with Crippen LogP contribution < -0.4 is 0 Å². The van der Waals surface area contributed by atoms with E-state index < -0.39 is 0 Å². The Morgan fingerprint density at radius 2 is 1.90 bits per heavy atom. The highest BCUT2D eigenvalue weighted by molar-refractivity contribution is 5.13. The van der Waals surface area contributed by atoms with E-state index in [0.29, 0.717) is 5.92 Å². The summed E-state index contributed by atoms with van der Waals surface area (Å²) in [7, 11) is 0. The second kappa shape index (κ2) is 6.11. The second-order valence-electron chi connectivity index (χ2n) is 5.44. The Balaban J connectivity index is 1.59. The van der Waals surface area contributed by atoms with Crippen LogP contribution in [0.5, 0.6) is 0 Å². The van der Waals surface area contributed by atoms with Gasteiger partial charge in [-0.15, -0.1) is 0 Å². The van der Waals surface area contributed by atoms with E-state index in [2.05, 4.69) is 20.9 Å². The van der Waals surface area contributed by atoms with Crippen molar-refractivity contribution in [3.63, 3.8) is 0 Å². The zero-order chi connectivity index (χ0) is 13.8. The second-order valence-corrected chi connectivity index (χ2v) is 5.44. The van der Waals surface area contributed by atoms with Crippen molar-refractivity contribution in [2.75, 3.05) is 13.1 Å². The van der Waals surface area contributed by atoms with Gasteiger partial charge >= 0.3 is 0 Å². The van der Waals surface area contributed by atoms with E-state index in [1.165, 1.54) is 11.1 Å². The summed E-state index contributed by atoms with van der Waals surface area (Å²) >= 11 is 0. The molecular formula is C16H19N3O. The van der Waals surface area contributed by atoms with Crippen molar-refractivity contribution in [3.05, 3.63) is 60.2 Å². The first kappa shape index (κ1) is 13.2. The van der Waals surface area contributed by atoms with Crippen molar-refractivity contribution < 1.29 is 5.11 Å². The molecule has 1 aliphatic rings.